The SMILES string of the molecule is CCOc1cc(C=O)cc([N+](=O)[O-])c1O[C@@H](C)C(=O)O. The molecule has 8 nitrogen and oxygen atoms in total. The van der Waals surface area contributed by atoms with Gasteiger partial charge in [-0.2, -0.15) is 0 Å². The Balaban J connectivity index is 3.38. The first-order chi connectivity index (χ1) is 9.40. The average molecular weight is 283 g/mol. The number of carboxylic acid groups (broad SMARTS) is 1. The monoisotopic (exact) mass is 283 g/mol. The molecule has 0 saturated heterocycles. The summed E-state index contributed by atoms with van der Waals surface area (Å²) in [6.07, 6.45) is -0.866. The Bertz CT molecular complexity index is 541. The quantitative estimate of drug-likeness (QED) is 0.459. The van der Waals surface area contributed by atoms with Crippen LogP contribution in [0.3, 0.4) is 0 Å². The fourth-order valence-corrected chi connectivity index (χ4v) is 1.42. The molecule has 108 valence electrons. The fourth-order valence-electron chi connectivity index (χ4n) is 1.42. The van der Waals surface area contributed by atoms with Crippen LogP contribution in [0.1, 0.15) is 24.2 Å². The third-order valence-corrected chi connectivity index (χ3v) is 2.33. The van der Waals surface area contributed by atoms with Crippen LogP contribution in [-0.4, -0.2) is 35.0 Å². The molecule has 0 heterocycles. The van der Waals surface area contributed by atoms with E-state index in [9.17, 15) is 19.7 Å². The van der Waals surface area contributed by atoms with E-state index in [1.807, 2.05) is 0 Å². The minimum atomic E-state index is -1.30. The summed E-state index contributed by atoms with van der Waals surface area (Å²) in [5.41, 5.74) is -0.485. The van der Waals surface area contributed by atoms with E-state index >= 15 is 0 Å². The van der Waals surface area contributed by atoms with Crippen molar-refractivity contribution < 1.29 is 29.1 Å². The predicted molar refractivity (Wildman–Crippen MR) is 67.4 cm³/mol. The standard InChI is InChI=1S/C12H13NO7/c1-3-19-10-5-8(6-14)4-9(13(17)18)11(10)20-7(2)12(15)16/h4-7H,3H2,1-2H3,(H,15,16)/t7-/m0/s1. The van der Waals surface area contributed by atoms with Crippen LogP contribution in [0.15, 0.2) is 12.1 Å². The summed E-state index contributed by atoms with van der Waals surface area (Å²) in [5.74, 6) is -1.63. The highest BCUT2D eigenvalue weighted by Crippen LogP contribution is 2.38. The van der Waals surface area contributed by atoms with Crippen LogP contribution in [0.2, 0.25) is 0 Å². The van der Waals surface area contributed by atoms with E-state index in [1.165, 1.54) is 13.0 Å². The molecule has 0 aliphatic rings. The Morgan fingerprint density at radius 3 is 2.65 bits per heavy atom. The molecule has 0 aromatic heterocycles. The molecule has 20 heavy (non-hydrogen) atoms. The zero-order valence-electron chi connectivity index (χ0n) is 10.9. The third-order valence-electron chi connectivity index (χ3n) is 2.33. The van der Waals surface area contributed by atoms with Crippen LogP contribution in [0.25, 0.3) is 0 Å². The average Bonchev–Trinajstić information content (AvgIpc) is 2.39. The van der Waals surface area contributed by atoms with Crippen LogP contribution >= 0.6 is 0 Å². The van der Waals surface area contributed by atoms with Crippen molar-refractivity contribution in [2.24, 2.45) is 0 Å². The number of carboxylic acids is 1. The molecule has 8 heteroatoms. The summed E-state index contributed by atoms with van der Waals surface area (Å²) in [6.45, 7) is 3.05. The summed E-state index contributed by atoms with van der Waals surface area (Å²) in [5, 5.41) is 19.8. The number of aldehydes is 1. The number of nitro benzene ring substituents is 1. The number of carbonyl (C=O) groups is 2. The molecule has 1 rings (SSSR count). The van der Waals surface area contributed by atoms with Crippen molar-refractivity contribution in [1.29, 1.82) is 0 Å². The number of hydrogen-bond donors (Lipinski definition) is 1. The molecule has 0 saturated carbocycles. The molecule has 0 aliphatic heterocycles. The fraction of sp³-hybridized carbons (Fsp3) is 0.333. The van der Waals surface area contributed by atoms with Gasteiger partial charge in [-0.25, -0.2) is 4.79 Å². The Morgan fingerprint density at radius 2 is 2.20 bits per heavy atom. The predicted octanol–water partition coefficient (Wildman–Crippen LogP) is 1.66. The van der Waals surface area contributed by atoms with Gasteiger partial charge < -0.3 is 14.6 Å². The Kier molecular flexibility index (Phi) is 5.01. The van der Waals surface area contributed by atoms with Crippen molar-refractivity contribution in [3.05, 3.63) is 27.8 Å². The molecule has 1 atom stereocenters. The van der Waals surface area contributed by atoms with E-state index in [0.29, 0.717) is 6.29 Å². The highest BCUT2D eigenvalue weighted by atomic mass is 16.6. The first-order valence-electron chi connectivity index (χ1n) is 5.70. The van der Waals surface area contributed by atoms with Crippen molar-refractivity contribution in [3.8, 4) is 11.5 Å². The van der Waals surface area contributed by atoms with Crippen molar-refractivity contribution >= 4 is 17.9 Å². The van der Waals surface area contributed by atoms with Crippen LogP contribution in [-0.2, 0) is 4.79 Å². The maximum Gasteiger partial charge on any atom is 0.344 e. The zero-order valence-corrected chi connectivity index (χ0v) is 10.9. The van der Waals surface area contributed by atoms with Crippen molar-refractivity contribution in [2.45, 2.75) is 20.0 Å². The number of hydrogen-bond acceptors (Lipinski definition) is 6. The molecule has 0 aliphatic carbocycles. The summed E-state index contributed by atoms with van der Waals surface area (Å²) < 4.78 is 10.2. The number of nitro groups is 1. The summed E-state index contributed by atoms with van der Waals surface area (Å²) in [6, 6.07) is 2.26. The number of nitrogens with zero attached hydrogens (tertiary/aromatic N) is 1. The van der Waals surface area contributed by atoms with Gasteiger partial charge in [-0.3, -0.25) is 14.9 Å². The van der Waals surface area contributed by atoms with E-state index in [4.69, 9.17) is 14.6 Å². The van der Waals surface area contributed by atoms with Gasteiger partial charge in [-0.1, -0.05) is 0 Å². The van der Waals surface area contributed by atoms with Gasteiger partial charge in [-0.15, -0.1) is 0 Å². The highest BCUT2D eigenvalue weighted by molar-refractivity contribution is 5.80. The molecule has 0 radical (unpaired) electrons. The molecule has 0 bridgehead atoms. The normalized spacial score (nSPS) is 11.5. The van der Waals surface area contributed by atoms with Gasteiger partial charge >= 0.3 is 11.7 Å². The summed E-state index contributed by atoms with van der Waals surface area (Å²) >= 11 is 0. The first kappa shape index (κ1) is 15.4. The second kappa shape index (κ2) is 6.50. The lowest BCUT2D eigenvalue weighted by molar-refractivity contribution is -0.386. The van der Waals surface area contributed by atoms with Gasteiger partial charge in [0.15, 0.2) is 11.9 Å². The maximum absolute atomic E-state index is 11.0. The number of carbonyl (C=O) groups excluding carboxylic acids is 1. The van der Waals surface area contributed by atoms with E-state index in [2.05, 4.69) is 0 Å². The lowest BCUT2D eigenvalue weighted by atomic mass is 10.2. The van der Waals surface area contributed by atoms with Gasteiger partial charge in [0.2, 0.25) is 5.75 Å². The summed E-state index contributed by atoms with van der Waals surface area (Å²) in [7, 11) is 0. The number of rotatable bonds is 7. The second-order valence-electron chi connectivity index (χ2n) is 3.77. The van der Waals surface area contributed by atoms with Gasteiger partial charge in [0.05, 0.1) is 11.5 Å². The first-order valence-corrected chi connectivity index (χ1v) is 5.70. The smallest absolute Gasteiger partial charge is 0.344 e. The lowest BCUT2D eigenvalue weighted by Gasteiger charge is -2.15. The lowest BCUT2D eigenvalue weighted by Crippen LogP contribution is -2.23. The minimum absolute atomic E-state index is 0.0375. The van der Waals surface area contributed by atoms with E-state index < -0.39 is 22.7 Å². The molecule has 1 aromatic carbocycles. The number of ether oxygens (including phenoxy) is 2. The topological polar surface area (TPSA) is 116 Å². The molecule has 0 spiro atoms. The van der Waals surface area contributed by atoms with Crippen LogP contribution in [0, 0.1) is 10.1 Å². The second-order valence-corrected chi connectivity index (χ2v) is 3.77. The minimum Gasteiger partial charge on any atom is -0.490 e. The van der Waals surface area contributed by atoms with Crippen molar-refractivity contribution in [2.75, 3.05) is 6.61 Å². The molecule has 0 unspecified atom stereocenters. The number of aliphatic carboxylic acids is 1. The van der Waals surface area contributed by atoms with Gasteiger partial charge in [0.25, 0.3) is 0 Å². The molecule has 1 N–H and O–H groups in total. The van der Waals surface area contributed by atoms with E-state index in [-0.39, 0.29) is 23.7 Å². The number of benzene rings is 1. The van der Waals surface area contributed by atoms with E-state index in [0.717, 1.165) is 6.07 Å². The molecule has 1 aromatic rings. The van der Waals surface area contributed by atoms with Crippen molar-refractivity contribution in [3.63, 3.8) is 0 Å². The maximum atomic E-state index is 11.0. The van der Waals surface area contributed by atoms with E-state index in [1.54, 1.807) is 6.92 Å². The van der Waals surface area contributed by atoms with Gasteiger partial charge in [-0.05, 0) is 19.9 Å². The van der Waals surface area contributed by atoms with Crippen LogP contribution in [0.5, 0.6) is 11.5 Å². The van der Waals surface area contributed by atoms with Crippen LogP contribution in [0.4, 0.5) is 5.69 Å². The molecule has 0 fully saturated rings. The molecular weight excluding hydrogens is 270 g/mol. The molecule has 0 amide bonds. The van der Waals surface area contributed by atoms with Crippen LogP contribution < -0.4 is 9.47 Å². The van der Waals surface area contributed by atoms with Crippen molar-refractivity contribution in [1.82, 2.24) is 0 Å². The van der Waals surface area contributed by atoms with Gasteiger partial charge in [0.1, 0.15) is 6.29 Å². The zero-order chi connectivity index (χ0) is 15.3. The molecular formula is C12H13NO7. The Labute approximate surface area is 114 Å². The highest BCUT2D eigenvalue weighted by Gasteiger charge is 2.26. The van der Waals surface area contributed by atoms with Gasteiger partial charge in [0, 0.05) is 11.6 Å². The largest absolute Gasteiger partial charge is 0.490 e. The summed E-state index contributed by atoms with van der Waals surface area (Å²) in [4.78, 5) is 31.8. The Morgan fingerprint density at radius 1 is 1.55 bits per heavy atom. The third kappa shape index (κ3) is 3.44. The Hall–Kier alpha value is -2.64.